The molecule has 0 aliphatic rings. The fraction of sp³-hybridized carbons (Fsp3) is 0.333. The van der Waals surface area contributed by atoms with Crippen molar-refractivity contribution < 1.29 is 0 Å². The lowest BCUT2D eigenvalue weighted by Gasteiger charge is -2.02. The Balaban J connectivity index is 3.09. The van der Waals surface area contributed by atoms with Crippen LogP contribution in [0.4, 0.5) is 5.69 Å². The smallest absolute Gasteiger partial charge is 0.0511 e. The second-order valence-corrected chi connectivity index (χ2v) is 2.94. The molecule has 0 saturated carbocycles. The van der Waals surface area contributed by atoms with Crippen LogP contribution in [0.25, 0.3) is 20.9 Å². The van der Waals surface area contributed by atoms with Gasteiger partial charge in [-0.15, -0.1) is 0 Å². The minimum atomic E-state index is 0.276. The van der Waals surface area contributed by atoms with Crippen molar-refractivity contribution in [2.24, 2.45) is 10.2 Å². The first-order chi connectivity index (χ1) is 7.30. The van der Waals surface area contributed by atoms with Gasteiger partial charge in [-0.3, -0.25) is 0 Å². The van der Waals surface area contributed by atoms with E-state index in [1.807, 2.05) is 19.1 Å². The van der Waals surface area contributed by atoms with Crippen molar-refractivity contribution in [2.75, 3.05) is 0 Å². The van der Waals surface area contributed by atoms with Crippen LogP contribution in [0.5, 0.6) is 0 Å². The van der Waals surface area contributed by atoms with E-state index in [4.69, 9.17) is 11.1 Å². The van der Waals surface area contributed by atoms with Gasteiger partial charge in [0, 0.05) is 15.5 Å². The van der Waals surface area contributed by atoms with E-state index in [1.165, 1.54) is 0 Å². The molecule has 0 heterocycles. The maximum absolute atomic E-state index is 8.33. The lowest BCUT2D eigenvalue weighted by Crippen LogP contribution is -1.85. The van der Waals surface area contributed by atoms with Gasteiger partial charge in [0.15, 0.2) is 0 Å². The lowest BCUT2D eigenvalue weighted by molar-refractivity contribution is 1.03. The average Bonchev–Trinajstić information content (AvgIpc) is 2.26. The van der Waals surface area contributed by atoms with Gasteiger partial charge in [-0.1, -0.05) is 23.2 Å². The molecule has 0 aromatic heterocycles. The van der Waals surface area contributed by atoms with Gasteiger partial charge < -0.3 is 0 Å². The molecule has 1 aromatic rings. The van der Waals surface area contributed by atoms with Gasteiger partial charge in [-0.25, -0.2) is 0 Å². The van der Waals surface area contributed by atoms with Crippen molar-refractivity contribution in [3.63, 3.8) is 0 Å². The van der Waals surface area contributed by atoms with Crippen molar-refractivity contribution in [2.45, 2.75) is 19.9 Å². The van der Waals surface area contributed by atoms with E-state index in [-0.39, 0.29) is 6.54 Å². The molecule has 1 aromatic carbocycles. The fourth-order valence-electron chi connectivity index (χ4n) is 1.26. The topological polar surface area (TPSA) is 97.5 Å². The van der Waals surface area contributed by atoms with Gasteiger partial charge in [-0.05, 0) is 40.7 Å². The third kappa shape index (κ3) is 3.23. The van der Waals surface area contributed by atoms with Gasteiger partial charge in [0.25, 0.3) is 0 Å². The zero-order valence-electron chi connectivity index (χ0n) is 8.33. The van der Waals surface area contributed by atoms with Crippen molar-refractivity contribution in [1.29, 1.82) is 0 Å². The Bertz CT molecular complexity index is 440. The van der Waals surface area contributed by atoms with Crippen molar-refractivity contribution in [1.82, 2.24) is 0 Å². The van der Waals surface area contributed by atoms with Crippen LogP contribution in [0, 0.1) is 0 Å². The van der Waals surface area contributed by atoms with Gasteiger partial charge >= 0.3 is 0 Å². The quantitative estimate of drug-likeness (QED) is 0.400. The Kier molecular flexibility index (Phi) is 4.04. The maximum Gasteiger partial charge on any atom is 0.0511 e. The van der Waals surface area contributed by atoms with Crippen LogP contribution in [0.2, 0.25) is 0 Å². The molecule has 0 spiro atoms. The van der Waals surface area contributed by atoms with Crippen LogP contribution in [-0.2, 0) is 13.0 Å². The average molecular weight is 202 g/mol. The number of hydrogen-bond donors (Lipinski definition) is 0. The zero-order valence-corrected chi connectivity index (χ0v) is 8.33. The second-order valence-electron chi connectivity index (χ2n) is 2.94. The molecule has 0 N–H and O–H groups in total. The van der Waals surface area contributed by atoms with Crippen LogP contribution in [-0.4, -0.2) is 0 Å². The summed E-state index contributed by atoms with van der Waals surface area (Å²) in [6.45, 7) is 2.28. The predicted octanol–water partition coefficient (Wildman–Crippen LogP) is 4.00. The molecule has 0 aliphatic carbocycles. The van der Waals surface area contributed by atoms with Gasteiger partial charge in [0.2, 0.25) is 0 Å². The SMILES string of the molecule is CCc1cc(CN=[N+]=[N-])cc(N=[N+]=[N-])c1. The molecule has 15 heavy (non-hydrogen) atoms. The van der Waals surface area contributed by atoms with E-state index < -0.39 is 0 Å². The first kappa shape index (κ1) is 10.9. The molecule has 1 rings (SSSR count). The van der Waals surface area contributed by atoms with Crippen LogP contribution in [0.15, 0.2) is 28.4 Å². The van der Waals surface area contributed by atoms with Crippen LogP contribution in [0.3, 0.4) is 0 Å². The van der Waals surface area contributed by atoms with Crippen molar-refractivity contribution >= 4 is 5.69 Å². The fourth-order valence-corrected chi connectivity index (χ4v) is 1.26. The van der Waals surface area contributed by atoms with Crippen molar-refractivity contribution in [3.05, 3.63) is 50.2 Å². The summed E-state index contributed by atoms with van der Waals surface area (Å²) in [7, 11) is 0. The molecule has 0 amide bonds. The molecule has 0 unspecified atom stereocenters. The molecule has 0 saturated heterocycles. The molecule has 0 aliphatic heterocycles. The summed E-state index contributed by atoms with van der Waals surface area (Å²) in [5.74, 6) is 0. The van der Waals surface area contributed by atoms with E-state index >= 15 is 0 Å². The Morgan fingerprint density at radius 1 is 1.13 bits per heavy atom. The highest BCUT2D eigenvalue weighted by atomic mass is 15.1. The zero-order chi connectivity index (χ0) is 11.1. The molecule has 0 radical (unpaired) electrons. The number of rotatable bonds is 4. The highest BCUT2D eigenvalue weighted by Gasteiger charge is 1.97. The first-order valence-electron chi connectivity index (χ1n) is 4.49. The molecule has 0 fully saturated rings. The van der Waals surface area contributed by atoms with Gasteiger partial charge in [-0.2, -0.15) is 0 Å². The largest absolute Gasteiger partial charge is 0.0893 e. The molecular weight excluding hydrogens is 192 g/mol. The Morgan fingerprint density at radius 3 is 2.47 bits per heavy atom. The number of azide groups is 2. The molecule has 76 valence electrons. The van der Waals surface area contributed by atoms with Crippen LogP contribution in [0.1, 0.15) is 18.1 Å². The first-order valence-corrected chi connectivity index (χ1v) is 4.49. The summed E-state index contributed by atoms with van der Waals surface area (Å²) >= 11 is 0. The minimum Gasteiger partial charge on any atom is -0.0893 e. The monoisotopic (exact) mass is 202 g/mol. The summed E-state index contributed by atoms with van der Waals surface area (Å²) in [5, 5.41) is 6.99. The summed E-state index contributed by atoms with van der Waals surface area (Å²) in [4.78, 5) is 5.41. The highest BCUT2D eigenvalue weighted by molar-refractivity contribution is 5.44. The standard InChI is InChI=1S/C9H10N6/c1-2-7-3-8(6-12-14-10)5-9(4-7)13-15-11/h3-5H,2,6H2,1H3. The number of benzene rings is 1. The third-order valence-corrected chi connectivity index (χ3v) is 1.92. The summed E-state index contributed by atoms with van der Waals surface area (Å²) in [6, 6.07) is 5.47. The van der Waals surface area contributed by atoms with E-state index in [0.29, 0.717) is 5.69 Å². The highest BCUT2D eigenvalue weighted by Crippen LogP contribution is 2.19. The second kappa shape index (κ2) is 5.54. The summed E-state index contributed by atoms with van der Waals surface area (Å²) in [5.41, 5.74) is 19.0. The number of hydrogen-bond acceptors (Lipinski definition) is 2. The van der Waals surface area contributed by atoms with E-state index in [2.05, 4.69) is 20.1 Å². The maximum atomic E-state index is 8.33. The normalized spacial score (nSPS) is 8.87. The predicted molar refractivity (Wildman–Crippen MR) is 57.5 cm³/mol. The molecule has 6 nitrogen and oxygen atoms in total. The van der Waals surface area contributed by atoms with E-state index in [1.54, 1.807) is 6.07 Å². The van der Waals surface area contributed by atoms with E-state index in [0.717, 1.165) is 17.5 Å². The summed E-state index contributed by atoms with van der Waals surface area (Å²) in [6.07, 6.45) is 0.845. The molecule has 6 heteroatoms. The molecule has 0 atom stereocenters. The number of nitrogens with zero attached hydrogens (tertiary/aromatic N) is 6. The summed E-state index contributed by atoms with van der Waals surface area (Å²) < 4.78 is 0. The van der Waals surface area contributed by atoms with Gasteiger partial charge in [0.1, 0.15) is 0 Å². The Hall–Kier alpha value is -2.16. The van der Waals surface area contributed by atoms with Crippen molar-refractivity contribution in [3.8, 4) is 0 Å². The Morgan fingerprint density at radius 2 is 1.87 bits per heavy atom. The van der Waals surface area contributed by atoms with E-state index in [9.17, 15) is 0 Å². The Labute approximate surface area is 86.8 Å². The lowest BCUT2D eigenvalue weighted by atomic mass is 10.1. The van der Waals surface area contributed by atoms with Crippen LogP contribution >= 0.6 is 0 Å². The van der Waals surface area contributed by atoms with Gasteiger partial charge in [0.05, 0.1) is 6.54 Å². The molecule has 0 bridgehead atoms. The minimum absolute atomic E-state index is 0.276. The molecular formula is C9H10N6. The third-order valence-electron chi connectivity index (χ3n) is 1.92. The van der Waals surface area contributed by atoms with Crippen LogP contribution < -0.4 is 0 Å². The number of aryl methyl sites for hydroxylation is 1.